The van der Waals surface area contributed by atoms with Gasteiger partial charge in [-0.2, -0.15) is 0 Å². The molecule has 0 amide bonds. The average Bonchev–Trinajstić information content (AvgIpc) is 2.25. The lowest BCUT2D eigenvalue weighted by molar-refractivity contribution is 0.386. The van der Waals surface area contributed by atoms with Crippen LogP contribution < -0.4 is 15.2 Å². The van der Waals surface area contributed by atoms with E-state index < -0.39 is 5.54 Å². The van der Waals surface area contributed by atoms with Gasteiger partial charge in [0.05, 0.1) is 14.2 Å². The summed E-state index contributed by atoms with van der Waals surface area (Å²) < 4.78 is 10.6. The molecule has 0 aliphatic rings. The van der Waals surface area contributed by atoms with Gasteiger partial charge in [0.1, 0.15) is 11.5 Å². The topological polar surface area (TPSA) is 44.5 Å². The zero-order valence-corrected chi connectivity index (χ0v) is 10.8. The summed E-state index contributed by atoms with van der Waals surface area (Å²) in [6.45, 7) is 6.07. The quantitative estimate of drug-likeness (QED) is 0.852. The highest BCUT2D eigenvalue weighted by Crippen LogP contribution is 2.34. The first-order valence-electron chi connectivity index (χ1n) is 5.48. The fourth-order valence-corrected chi connectivity index (χ4v) is 1.86. The molecule has 0 atom stereocenters. The molecule has 3 nitrogen and oxygen atoms in total. The second kappa shape index (κ2) is 4.74. The van der Waals surface area contributed by atoms with Crippen molar-refractivity contribution in [2.45, 2.75) is 32.7 Å². The van der Waals surface area contributed by atoms with Crippen molar-refractivity contribution in [3.05, 3.63) is 23.3 Å². The van der Waals surface area contributed by atoms with Crippen LogP contribution in [0.5, 0.6) is 11.5 Å². The Bertz CT molecular complexity index is 367. The molecule has 1 aromatic rings. The summed E-state index contributed by atoms with van der Waals surface area (Å²) in [6, 6.07) is 3.88. The van der Waals surface area contributed by atoms with Crippen molar-refractivity contribution < 1.29 is 9.47 Å². The van der Waals surface area contributed by atoms with E-state index in [1.54, 1.807) is 14.2 Å². The first kappa shape index (κ1) is 12.8. The second-order valence-corrected chi connectivity index (χ2v) is 4.43. The fourth-order valence-electron chi connectivity index (χ4n) is 1.86. The van der Waals surface area contributed by atoms with Crippen LogP contribution in [0, 0.1) is 0 Å². The van der Waals surface area contributed by atoms with Gasteiger partial charge in [-0.05, 0) is 37.5 Å². The van der Waals surface area contributed by atoms with Crippen molar-refractivity contribution in [1.82, 2.24) is 0 Å². The molecule has 0 unspecified atom stereocenters. The van der Waals surface area contributed by atoms with E-state index in [9.17, 15) is 0 Å². The number of ether oxygens (including phenoxy) is 2. The monoisotopic (exact) mass is 223 g/mol. The number of rotatable bonds is 4. The molecule has 0 bridgehead atoms. The summed E-state index contributed by atoms with van der Waals surface area (Å²) in [7, 11) is 3.31. The molecule has 0 saturated heterocycles. The van der Waals surface area contributed by atoms with Gasteiger partial charge in [-0.15, -0.1) is 0 Å². The van der Waals surface area contributed by atoms with Gasteiger partial charge < -0.3 is 15.2 Å². The van der Waals surface area contributed by atoms with Crippen molar-refractivity contribution in [3.63, 3.8) is 0 Å². The van der Waals surface area contributed by atoms with E-state index in [1.807, 2.05) is 26.0 Å². The van der Waals surface area contributed by atoms with E-state index in [4.69, 9.17) is 15.2 Å². The molecule has 0 saturated carbocycles. The highest BCUT2D eigenvalue weighted by Gasteiger charge is 2.21. The van der Waals surface area contributed by atoms with Crippen LogP contribution in [-0.4, -0.2) is 14.2 Å². The van der Waals surface area contributed by atoms with Crippen molar-refractivity contribution in [1.29, 1.82) is 0 Å². The molecule has 0 fully saturated rings. The number of benzene rings is 1. The van der Waals surface area contributed by atoms with Crippen LogP contribution in [0.15, 0.2) is 12.1 Å². The molecule has 0 heterocycles. The van der Waals surface area contributed by atoms with Gasteiger partial charge in [-0.25, -0.2) is 0 Å². The van der Waals surface area contributed by atoms with Gasteiger partial charge in [-0.1, -0.05) is 6.92 Å². The lowest BCUT2D eigenvalue weighted by Crippen LogP contribution is -2.30. The minimum absolute atomic E-state index is 0.396. The molecule has 0 aromatic heterocycles. The molecule has 0 spiro atoms. The van der Waals surface area contributed by atoms with E-state index >= 15 is 0 Å². The molecule has 90 valence electrons. The van der Waals surface area contributed by atoms with Crippen LogP contribution >= 0.6 is 0 Å². The van der Waals surface area contributed by atoms with Crippen LogP contribution in [0.4, 0.5) is 0 Å². The molecule has 2 N–H and O–H groups in total. The highest BCUT2D eigenvalue weighted by molar-refractivity contribution is 5.49. The van der Waals surface area contributed by atoms with E-state index in [1.165, 1.54) is 0 Å². The maximum atomic E-state index is 6.17. The van der Waals surface area contributed by atoms with E-state index in [-0.39, 0.29) is 0 Å². The van der Waals surface area contributed by atoms with Gasteiger partial charge in [0, 0.05) is 11.6 Å². The molecular weight excluding hydrogens is 202 g/mol. The summed E-state index contributed by atoms with van der Waals surface area (Å²) in [4.78, 5) is 0. The third-order valence-corrected chi connectivity index (χ3v) is 2.69. The Morgan fingerprint density at radius 2 is 1.81 bits per heavy atom. The predicted molar refractivity (Wildman–Crippen MR) is 66.1 cm³/mol. The zero-order chi connectivity index (χ0) is 12.3. The average molecular weight is 223 g/mol. The van der Waals surface area contributed by atoms with Crippen LogP contribution in [0.1, 0.15) is 31.9 Å². The lowest BCUT2D eigenvalue weighted by Gasteiger charge is -2.25. The van der Waals surface area contributed by atoms with Gasteiger partial charge in [-0.3, -0.25) is 0 Å². The Labute approximate surface area is 97.6 Å². The maximum Gasteiger partial charge on any atom is 0.126 e. The molecule has 1 aromatic carbocycles. The van der Waals surface area contributed by atoms with Gasteiger partial charge in [0.15, 0.2) is 0 Å². The molecule has 3 heteroatoms. The lowest BCUT2D eigenvalue weighted by atomic mass is 9.89. The summed E-state index contributed by atoms with van der Waals surface area (Å²) in [6.07, 6.45) is 0.892. The van der Waals surface area contributed by atoms with Crippen LogP contribution in [-0.2, 0) is 12.0 Å². The van der Waals surface area contributed by atoms with Crippen LogP contribution in [0.2, 0.25) is 0 Å². The third kappa shape index (κ3) is 2.47. The smallest absolute Gasteiger partial charge is 0.126 e. The Morgan fingerprint density at radius 3 is 2.19 bits per heavy atom. The summed E-state index contributed by atoms with van der Waals surface area (Å²) >= 11 is 0. The Balaban J connectivity index is 3.43. The summed E-state index contributed by atoms with van der Waals surface area (Å²) in [5.41, 5.74) is 8.00. The number of nitrogens with two attached hydrogens (primary N) is 1. The van der Waals surface area contributed by atoms with Gasteiger partial charge in [0.2, 0.25) is 0 Å². The van der Waals surface area contributed by atoms with E-state index in [2.05, 4.69) is 6.92 Å². The Morgan fingerprint density at radius 1 is 1.19 bits per heavy atom. The standard InChI is InChI=1S/C13H21NO2/c1-6-10-11(13(2,3)14)7-9(15-4)8-12(10)16-5/h7-8H,6,14H2,1-5H3. The van der Waals surface area contributed by atoms with Gasteiger partial charge in [0.25, 0.3) is 0 Å². The largest absolute Gasteiger partial charge is 0.497 e. The fraction of sp³-hybridized carbons (Fsp3) is 0.538. The molecule has 0 aliphatic heterocycles. The first-order valence-corrected chi connectivity index (χ1v) is 5.48. The minimum Gasteiger partial charge on any atom is -0.497 e. The number of methoxy groups -OCH3 is 2. The first-order chi connectivity index (χ1) is 7.43. The zero-order valence-electron chi connectivity index (χ0n) is 10.8. The van der Waals surface area contributed by atoms with E-state index in [0.29, 0.717) is 0 Å². The Kier molecular flexibility index (Phi) is 3.81. The normalized spacial score (nSPS) is 11.4. The molecule has 0 radical (unpaired) electrons. The predicted octanol–water partition coefficient (Wildman–Crippen LogP) is 2.46. The van der Waals surface area contributed by atoms with E-state index in [0.717, 1.165) is 29.0 Å². The maximum absolute atomic E-state index is 6.17. The molecular formula is C13H21NO2. The molecule has 0 aliphatic carbocycles. The SMILES string of the molecule is CCc1c(OC)cc(OC)cc1C(C)(C)N. The number of hydrogen-bond donors (Lipinski definition) is 1. The Hall–Kier alpha value is -1.22. The summed E-state index contributed by atoms with van der Waals surface area (Å²) in [5.74, 6) is 1.62. The minimum atomic E-state index is -0.396. The number of hydrogen-bond acceptors (Lipinski definition) is 3. The summed E-state index contributed by atoms with van der Waals surface area (Å²) in [5, 5.41) is 0. The van der Waals surface area contributed by atoms with Crippen molar-refractivity contribution in [2.24, 2.45) is 5.73 Å². The van der Waals surface area contributed by atoms with Crippen molar-refractivity contribution in [2.75, 3.05) is 14.2 Å². The molecule has 16 heavy (non-hydrogen) atoms. The van der Waals surface area contributed by atoms with Crippen molar-refractivity contribution >= 4 is 0 Å². The van der Waals surface area contributed by atoms with Crippen molar-refractivity contribution in [3.8, 4) is 11.5 Å². The highest BCUT2D eigenvalue weighted by atomic mass is 16.5. The molecule has 1 rings (SSSR count). The third-order valence-electron chi connectivity index (χ3n) is 2.69. The second-order valence-electron chi connectivity index (χ2n) is 4.43. The van der Waals surface area contributed by atoms with Crippen LogP contribution in [0.25, 0.3) is 0 Å². The van der Waals surface area contributed by atoms with Crippen LogP contribution in [0.3, 0.4) is 0 Å². The van der Waals surface area contributed by atoms with Gasteiger partial charge >= 0.3 is 0 Å².